The first-order valence-electron chi connectivity index (χ1n) is 10.5. The highest BCUT2D eigenvalue weighted by Crippen LogP contribution is 2.32. The summed E-state index contributed by atoms with van der Waals surface area (Å²) in [7, 11) is 2.11. The van der Waals surface area contributed by atoms with E-state index in [1.165, 1.54) is 19.3 Å². The molecule has 5 rings (SSSR count). The van der Waals surface area contributed by atoms with E-state index in [-0.39, 0.29) is 5.75 Å². The van der Waals surface area contributed by atoms with E-state index in [2.05, 4.69) is 32.6 Å². The number of phenolic OH excluding ortho intramolecular Hbond substituents is 1. The highest BCUT2D eigenvalue weighted by molar-refractivity contribution is 5.69. The molecule has 3 atom stereocenters. The largest absolute Gasteiger partial charge is 0.507 e. The Bertz CT molecular complexity index is 1020. The number of hydrogen-bond acceptors (Lipinski definition) is 7. The Morgan fingerprint density at radius 2 is 1.93 bits per heavy atom. The minimum Gasteiger partial charge on any atom is -0.507 e. The molecule has 4 N–H and O–H groups in total. The van der Waals surface area contributed by atoms with Crippen LogP contribution in [0, 0.1) is 0 Å². The van der Waals surface area contributed by atoms with Gasteiger partial charge in [-0.25, -0.2) is 4.68 Å². The third kappa shape index (κ3) is 3.59. The summed E-state index contributed by atoms with van der Waals surface area (Å²) in [5, 5.41) is 27.3. The van der Waals surface area contributed by atoms with Gasteiger partial charge in [-0.2, -0.15) is 5.10 Å². The standard InChI is InChI=1S/C22H27N7O/c1-28(18-9-15-3-2-4-16(10-18)25-15)22-8-7-20(26-27-22)19-6-5-17(11-21(19)30)29-13-14(23)12-24-29/h5-8,11-13,15-16,18,25,30H,2-4,9-10,23H2,1H3/t15-,16+,18-. The first-order valence-corrected chi connectivity index (χ1v) is 10.5. The van der Waals surface area contributed by atoms with Crippen LogP contribution < -0.4 is 16.0 Å². The molecule has 2 aromatic heterocycles. The number of nitrogen functional groups attached to an aromatic ring is 1. The lowest BCUT2D eigenvalue weighted by atomic mass is 9.83. The second-order valence-corrected chi connectivity index (χ2v) is 8.42. The quantitative estimate of drug-likeness (QED) is 0.613. The Labute approximate surface area is 175 Å². The summed E-state index contributed by atoms with van der Waals surface area (Å²) < 4.78 is 1.62. The van der Waals surface area contributed by atoms with Gasteiger partial charge in [-0.1, -0.05) is 6.42 Å². The van der Waals surface area contributed by atoms with Gasteiger partial charge in [-0.15, -0.1) is 10.2 Å². The van der Waals surface area contributed by atoms with Crippen molar-refractivity contribution in [3.05, 3.63) is 42.7 Å². The predicted octanol–water partition coefficient (Wildman–Crippen LogP) is 2.73. The molecule has 156 valence electrons. The van der Waals surface area contributed by atoms with Gasteiger partial charge in [0.15, 0.2) is 5.82 Å². The summed E-state index contributed by atoms with van der Waals surface area (Å²) in [6, 6.07) is 11.0. The van der Waals surface area contributed by atoms with Gasteiger partial charge in [0, 0.05) is 36.8 Å². The number of nitrogens with one attached hydrogen (secondary N) is 1. The molecule has 8 nitrogen and oxygen atoms in total. The van der Waals surface area contributed by atoms with E-state index in [1.54, 1.807) is 23.1 Å². The lowest BCUT2D eigenvalue weighted by Crippen LogP contribution is -2.54. The van der Waals surface area contributed by atoms with E-state index in [1.807, 2.05) is 24.3 Å². The number of aromatic hydroxyl groups is 1. The molecule has 3 aromatic rings. The maximum atomic E-state index is 10.5. The Hall–Kier alpha value is -3.13. The SMILES string of the molecule is CN(c1ccc(-c2ccc(-n3cc(N)cn3)cc2O)nn1)[C@@H]1C[C@H]2CCC[C@@H](C1)N2. The van der Waals surface area contributed by atoms with Crippen LogP contribution in [-0.2, 0) is 0 Å². The lowest BCUT2D eigenvalue weighted by Gasteiger charge is -2.43. The van der Waals surface area contributed by atoms with Crippen molar-refractivity contribution >= 4 is 11.5 Å². The lowest BCUT2D eigenvalue weighted by molar-refractivity contribution is 0.219. The highest BCUT2D eigenvalue weighted by Gasteiger charge is 2.33. The van der Waals surface area contributed by atoms with Crippen molar-refractivity contribution < 1.29 is 5.11 Å². The van der Waals surface area contributed by atoms with E-state index >= 15 is 0 Å². The summed E-state index contributed by atoms with van der Waals surface area (Å²) in [6.45, 7) is 0. The van der Waals surface area contributed by atoms with Crippen LogP contribution in [0.2, 0.25) is 0 Å². The minimum absolute atomic E-state index is 0.128. The predicted molar refractivity (Wildman–Crippen MR) is 117 cm³/mol. The van der Waals surface area contributed by atoms with E-state index in [0.717, 1.165) is 24.3 Å². The molecule has 8 heteroatoms. The molecule has 2 aliphatic heterocycles. The summed E-state index contributed by atoms with van der Waals surface area (Å²) in [5.41, 5.74) is 8.30. The zero-order chi connectivity index (χ0) is 20.7. The summed E-state index contributed by atoms with van der Waals surface area (Å²) in [4.78, 5) is 2.26. The smallest absolute Gasteiger partial charge is 0.151 e. The molecule has 0 amide bonds. The van der Waals surface area contributed by atoms with E-state index in [9.17, 15) is 5.11 Å². The van der Waals surface area contributed by atoms with Crippen molar-refractivity contribution in [2.24, 2.45) is 0 Å². The van der Waals surface area contributed by atoms with E-state index in [4.69, 9.17) is 5.73 Å². The highest BCUT2D eigenvalue weighted by atomic mass is 16.3. The molecule has 30 heavy (non-hydrogen) atoms. The number of benzene rings is 1. The molecule has 0 spiro atoms. The minimum atomic E-state index is 0.128. The molecular weight excluding hydrogens is 378 g/mol. The zero-order valence-corrected chi connectivity index (χ0v) is 17.1. The Kier molecular flexibility index (Phi) is 4.78. The Morgan fingerprint density at radius 1 is 1.13 bits per heavy atom. The number of nitrogens with zero attached hydrogens (tertiary/aromatic N) is 5. The fourth-order valence-corrected chi connectivity index (χ4v) is 4.75. The van der Waals surface area contributed by atoms with Crippen molar-refractivity contribution in [1.29, 1.82) is 0 Å². The first-order chi connectivity index (χ1) is 14.6. The van der Waals surface area contributed by atoms with Gasteiger partial charge >= 0.3 is 0 Å². The van der Waals surface area contributed by atoms with Crippen LogP contribution in [0.5, 0.6) is 5.75 Å². The van der Waals surface area contributed by atoms with Crippen LogP contribution in [0.25, 0.3) is 16.9 Å². The molecule has 0 aliphatic carbocycles. The second kappa shape index (κ2) is 7.60. The van der Waals surface area contributed by atoms with Crippen LogP contribution in [0.3, 0.4) is 0 Å². The van der Waals surface area contributed by atoms with Gasteiger partial charge in [0.2, 0.25) is 0 Å². The molecule has 0 saturated carbocycles. The summed E-state index contributed by atoms with van der Waals surface area (Å²) in [6.07, 6.45) is 9.45. The molecule has 2 bridgehead atoms. The van der Waals surface area contributed by atoms with Gasteiger partial charge in [0.25, 0.3) is 0 Å². The van der Waals surface area contributed by atoms with Crippen molar-refractivity contribution in [3.8, 4) is 22.7 Å². The molecular formula is C22H27N7O. The second-order valence-electron chi connectivity index (χ2n) is 8.42. The van der Waals surface area contributed by atoms with Crippen LogP contribution in [-0.4, -0.2) is 50.3 Å². The van der Waals surface area contributed by atoms with Crippen molar-refractivity contribution in [2.45, 2.75) is 50.2 Å². The number of rotatable bonds is 4. The number of phenols is 1. The maximum absolute atomic E-state index is 10.5. The average molecular weight is 406 g/mol. The number of anilines is 2. The van der Waals surface area contributed by atoms with Crippen LogP contribution >= 0.6 is 0 Å². The molecule has 4 heterocycles. The third-order valence-electron chi connectivity index (χ3n) is 6.37. The Morgan fingerprint density at radius 3 is 2.57 bits per heavy atom. The molecule has 2 fully saturated rings. The third-order valence-corrected chi connectivity index (χ3v) is 6.37. The van der Waals surface area contributed by atoms with E-state index < -0.39 is 0 Å². The number of nitrogens with two attached hydrogens (primary N) is 1. The fraction of sp³-hybridized carbons (Fsp3) is 0.409. The molecule has 0 radical (unpaired) electrons. The number of piperidine rings is 2. The maximum Gasteiger partial charge on any atom is 0.151 e. The van der Waals surface area contributed by atoms with Crippen LogP contribution in [0.4, 0.5) is 11.5 Å². The normalized spacial score (nSPS) is 23.3. The zero-order valence-electron chi connectivity index (χ0n) is 17.1. The molecule has 0 unspecified atom stereocenters. The Balaban J connectivity index is 1.33. The molecule has 1 aromatic carbocycles. The topological polar surface area (TPSA) is 105 Å². The first kappa shape index (κ1) is 18.9. The van der Waals surface area contributed by atoms with Crippen molar-refractivity contribution in [1.82, 2.24) is 25.3 Å². The average Bonchev–Trinajstić information content (AvgIpc) is 3.19. The van der Waals surface area contributed by atoms with Crippen molar-refractivity contribution in [2.75, 3.05) is 17.7 Å². The monoisotopic (exact) mass is 405 g/mol. The summed E-state index contributed by atoms with van der Waals surface area (Å²) in [5.74, 6) is 0.995. The fourth-order valence-electron chi connectivity index (χ4n) is 4.75. The van der Waals surface area contributed by atoms with Gasteiger partial charge < -0.3 is 21.1 Å². The van der Waals surface area contributed by atoms with Crippen LogP contribution in [0.1, 0.15) is 32.1 Å². The van der Waals surface area contributed by atoms with Crippen molar-refractivity contribution in [3.63, 3.8) is 0 Å². The van der Waals surface area contributed by atoms with Crippen LogP contribution in [0.15, 0.2) is 42.7 Å². The van der Waals surface area contributed by atoms with Gasteiger partial charge in [0.05, 0.1) is 29.5 Å². The molecule has 2 saturated heterocycles. The van der Waals surface area contributed by atoms with Gasteiger partial charge in [0.1, 0.15) is 5.75 Å². The van der Waals surface area contributed by atoms with Gasteiger partial charge in [-0.3, -0.25) is 0 Å². The molecule has 2 aliphatic rings. The van der Waals surface area contributed by atoms with Gasteiger partial charge in [-0.05, 0) is 49.9 Å². The number of fused-ring (bicyclic) bond motifs is 2. The number of aromatic nitrogens is 4. The number of hydrogen-bond donors (Lipinski definition) is 3. The summed E-state index contributed by atoms with van der Waals surface area (Å²) >= 11 is 0. The van der Waals surface area contributed by atoms with E-state index in [0.29, 0.717) is 35.1 Å².